The van der Waals surface area contributed by atoms with Gasteiger partial charge in [0, 0.05) is 38.9 Å². The molecule has 0 saturated heterocycles. The van der Waals surface area contributed by atoms with Gasteiger partial charge in [-0.1, -0.05) is 201 Å². The monoisotopic (exact) mass is 842 g/mol. The lowest BCUT2D eigenvalue weighted by molar-refractivity contribution is 0.590. The zero-order valence-electron chi connectivity index (χ0n) is 39.0. The molecule has 0 aromatic heterocycles. The maximum Gasteiger partial charge on any atom is 0.0540 e. The molecule has 0 atom stereocenters. The van der Waals surface area contributed by atoms with Crippen molar-refractivity contribution in [2.45, 2.75) is 71.6 Å². The largest absolute Gasteiger partial charge is 0.310 e. The average Bonchev–Trinajstić information content (AvgIpc) is 3.53. The second kappa shape index (κ2) is 16.1. The minimum absolute atomic E-state index is 0.0746. The third kappa shape index (κ3) is 7.82. The van der Waals surface area contributed by atoms with Crippen molar-refractivity contribution in [2.24, 2.45) is 0 Å². The van der Waals surface area contributed by atoms with Crippen molar-refractivity contribution < 1.29 is 0 Å². The number of rotatable bonds is 8. The predicted octanol–water partition coefficient (Wildman–Crippen LogP) is 18.0. The molecule has 0 spiro atoms. The number of anilines is 6. The molecule has 0 unspecified atom stereocenters. The van der Waals surface area contributed by atoms with Crippen molar-refractivity contribution in [3.8, 4) is 11.1 Å². The van der Waals surface area contributed by atoms with Crippen LogP contribution in [0.4, 0.5) is 34.1 Å². The van der Waals surface area contributed by atoms with E-state index in [0.29, 0.717) is 0 Å². The Morgan fingerprint density at radius 1 is 0.369 bits per heavy atom. The lowest BCUT2D eigenvalue weighted by Crippen LogP contribution is -2.17. The maximum atomic E-state index is 2.44. The van der Waals surface area contributed by atoms with E-state index in [9.17, 15) is 0 Å². The summed E-state index contributed by atoms with van der Waals surface area (Å²) in [4.78, 5) is 4.83. The van der Waals surface area contributed by atoms with E-state index in [1.807, 2.05) is 0 Å². The molecule has 0 saturated carbocycles. The van der Waals surface area contributed by atoms with E-state index in [-0.39, 0.29) is 16.2 Å². The van der Waals surface area contributed by atoms with Crippen LogP contribution in [0.5, 0.6) is 0 Å². The molecule has 0 radical (unpaired) electrons. The van der Waals surface area contributed by atoms with Crippen LogP contribution in [0.3, 0.4) is 0 Å². The van der Waals surface area contributed by atoms with E-state index in [0.717, 1.165) is 28.3 Å². The molecule has 1 aliphatic carbocycles. The summed E-state index contributed by atoms with van der Waals surface area (Å²) in [7, 11) is 0. The summed E-state index contributed by atoms with van der Waals surface area (Å²) in [6.07, 6.45) is 4.50. The number of nitrogens with zero attached hydrogens (tertiary/aromatic N) is 2. The molecular formula is C63H58N2. The second-order valence-corrected chi connectivity index (χ2v) is 20.3. The van der Waals surface area contributed by atoms with Gasteiger partial charge in [0.25, 0.3) is 0 Å². The molecule has 0 bridgehead atoms. The Labute approximate surface area is 386 Å². The summed E-state index contributed by atoms with van der Waals surface area (Å²) in [5.74, 6) is 0. The highest BCUT2D eigenvalue weighted by atomic mass is 15.1. The van der Waals surface area contributed by atoms with Crippen molar-refractivity contribution >= 4 is 67.8 Å². The van der Waals surface area contributed by atoms with Crippen molar-refractivity contribution in [2.75, 3.05) is 9.80 Å². The Hall–Kier alpha value is -7.16. The fourth-order valence-corrected chi connectivity index (χ4v) is 9.79. The van der Waals surface area contributed by atoms with Gasteiger partial charge in [0.1, 0.15) is 0 Å². The highest BCUT2D eigenvalue weighted by Crippen LogP contribution is 2.51. The lowest BCUT2D eigenvalue weighted by atomic mass is 9.81. The molecule has 65 heavy (non-hydrogen) atoms. The maximum absolute atomic E-state index is 2.44. The summed E-state index contributed by atoms with van der Waals surface area (Å²) in [5.41, 5.74) is 17.2. The molecule has 0 fully saturated rings. The first-order chi connectivity index (χ1) is 31.2. The van der Waals surface area contributed by atoms with Gasteiger partial charge >= 0.3 is 0 Å². The van der Waals surface area contributed by atoms with Gasteiger partial charge in [-0.3, -0.25) is 0 Å². The summed E-state index contributed by atoms with van der Waals surface area (Å²) in [6.45, 7) is 18.4. The Kier molecular flexibility index (Phi) is 10.4. The van der Waals surface area contributed by atoms with Gasteiger partial charge < -0.3 is 9.80 Å². The predicted molar refractivity (Wildman–Crippen MR) is 281 cm³/mol. The smallest absolute Gasteiger partial charge is 0.0540 e. The van der Waals surface area contributed by atoms with Crippen molar-refractivity contribution in [1.29, 1.82) is 0 Å². The fourth-order valence-electron chi connectivity index (χ4n) is 9.79. The van der Waals surface area contributed by atoms with E-state index >= 15 is 0 Å². The summed E-state index contributed by atoms with van der Waals surface area (Å²) >= 11 is 0. The molecule has 10 rings (SSSR count). The van der Waals surface area contributed by atoms with E-state index in [4.69, 9.17) is 0 Å². The highest BCUT2D eigenvalue weighted by Gasteiger charge is 2.36. The Bertz CT molecular complexity index is 3220. The fraction of sp³-hybridized carbons (Fsp3) is 0.175. The quantitative estimate of drug-likeness (QED) is 0.141. The van der Waals surface area contributed by atoms with Crippen LogP contribution in [-0.4, -0.2) is 0 Å². The number of hydrogen-bond acceptors (Lipinski definition) is 2. The summed E-state index contributed by atoms with van der Waals surface area (Å²) in [5, 5.41) is 4.92. The topological polar surface area (TPSA) is 6.48 Å². The Morgan fingerprint density at radius 2 is 0.754 bits per heavy atom. The average molecular weight is 843 g/mol. The molecule has 0 N–H and O–H groups in total. The van der Waals surface area contributed by atoms with E-state index in [1.54, 1.807) is 0 Å². The van der Waals surface area contributed by atoms with Gasteiger partial charge in [-0.05, 0) is 127 Å². The van der Waals surface area contributed by atoms with Gasteiger partial charge in [0.05, 0.1) is 11.4 Å². The molecule has 0 amide bonds. The molecule has 0 heterocycles. The van der Waals surface area contributed by atoms with Crippen LogP contribution in [0.15, 0.2) is 194 Å². The van der Waals surface area contributed by atoms with E-state index in [2.05, 4.69) is 271 Å². The van der Waals surface area contributed by atoms with Crippen LogP contribution >= 0.6 is 0 Å². The molecule has 9 aromatic carbocycles. The molecule has 0 aliphatic heterocycles. The van der Waals surface area contributed by atoms with Gasteiger partial charge in [-0.15, -0.1) is 0 Å². The van der Waals surface area contributed by atoms with Gasteiger partial charge in [0.15, 0.2) is 0 Å². The first-order valence-corrected chi connectivity index (χ1v) is 23.1. The summed E-state index contributed by atoms with van der Waals surface area (Å²) in [6, 6.07) is 71.9. The minimum Gasteiger partial charge on any atom is -0.310 e. The second-order valence-electron chi connectivity index (χ2n) is 20.3. The SMILES string of the molecule is CC(C)(C)c1ccc(N(c2ccc(/C=C/c3ccc4c(c3)C(C)(C)c3cc(N(c5ccc(C(C)(C)C)cc5)c5cccc6ccccc56)ccc3-4)cc2)c2cccc3ccccc23)cc1. The van der Waals surface area contributed by atoms with Crippen LogP contribution in [0.2, 0.25) is 0 Å². The van der Waals surface area contributed by atoms with Gasteiger partial charge in [-0.25, -0.2) is 0 Å². The van der Waals surface area contributed by atoms with Crippen LogP contribution in [0.25, 0.3) is 44.8 Å². The third-order valence-electron chi connectivity index (χ3n) is 13.6. The van der Waals surface area contributed by atoms with Crippen molar-refractivity contribution in [3.05, 3.63) is 228 Å². The van der Waals surface area contributed by atoms with E-state index < -0.39 is 0 Å². The summed E-state index contributed by atoms with van der Waals surface area (Å²) < 4.78 is 0. The van der Waals surface area contributed by atoms with E-state index in [1.165, 1.54) is 71.9 Å². The third-order valence-corrected chi connectivity index (χ3v) is 13.6. The molecule has 2 nitrogen and oxygen atoms in total. The Balaban J connectivity index is 0.961. The first kappa shape index (κ1) is 41.8. The minimum atomic E-state index is -0.192. The van der Waals surface area contributed by atoms with Crippen LogP contribution in [0.1, 0.15) is 88.8 Å². The molecule has 320 valence electrons. The number of hydrogen-bond donors (Lipinski definition) is 0. The molecular weight excluding hydrogens is 785 g/mol. The molecule has 1 aliphatic rings. The van der Waals surface area contributed by atoms with Crippen LogP contribution in [0, 0.1) is 0 Å². The van der Waals surface area contributed by atoms with Crippen LogP contribution < -0.4 is 9.80 Å². The lowest BCUT2D eigenvalue weighted by Gasteiger charge is -2.30. The number of fused-ring (bicyclic) bond motifs is 5. The first-order valence-electron chi connectivity index (χ1n) is 23.1. The van der Waals surface area contributed by atoms with Crippen molar-refractivity contribution in [3.63, 3.8) is 0 Å². The van der Waals surface area contributed by atoms with Gasteiger partial charge in [-0.2, -0.15) is 0 Å². The molecule has 9 aromatic rings. The Morgan fingerprint density at radius 3 is 1.26 bits per heavy atom. The van der Waals surface area contributed by atoms with Crippen molar-refractivity contribution in [1.82, 2.24) is 0 Å². The zero-order chi connectivity index (χ0) is 45.1. The highest BCUT2D eigenvalue weighted by molar-refractivity contribution is 6.00. The molecule has 2 heteroatoms. The zero-order valence-corrected chi connectivity index (χ0v) is 39.0. The van der Waals surface area contributed by atoms with Gasteiger partial charge in [0.2, 0.25) is 0 Å². The number of benzene rings is 9. The standard InChI is InChI=1S/C63H58N2/c1-61(2,3)47-28-34-50(35-29-47)64(59-21-13-17-45-15-9-11-19-53(45)59)49-32-25-43(26-33-49)23-24-44-27-39-55-56-40-38-52(42-58(56)63(7,8)57(55)41-44)65(51-36-30-48(31-37-51)62(4,5)6)60-22-14-18-46-16-10-12-20-54(46)60/h9-42H,1-8H3/b24-23+. The normalized spacial score (nSPS) is 13.3. The van der Waals surface area contributed by atoms with Crippen LogP contribution in [-0.2, 0) is 16.2 Å².